The van der Waals surface area contributed by atoms with Crippen molar-refractivity contribution >= 4 is 15.8 Å². The fourth-order valence-electron chi connectivity index (χ4n) is 1.64. The lowest BCUT2D eigenvalue weighted by molar-refractivity contribution is 0.473. The number of nitrogens with one attached hydrogen (secondary N) is 1. The lowest BCUT2D eigenvalue weighted by atomic mass is 10.2. The Morgan fingerprint density at radius 1 is 0.889 bits per heavy atom. The van der Waals surface area contributed by atoms with Gasteiger partial charge in [0.25, 0.3) is 10.1 Å². The van der Waals surface area contributed by atoms with Crippen molar-refractivity contribution in [1.82, 2.24) is 0 Å². The van der Waals surface area contributed by atoms with Gasteiger partial charge in [0, 0.05) is 5.69 Å². The van der Waals surface area contributed by atoms with Gasteiger partial charge in [-0.25, -0.2) is 0 Å². The highest BCUT2D eigenvalue weighted by molar-refractivity contribution is 7.86. The number of rotatable bonds is 4. The first-order chi connectivity index (χ1) is 8.57. The van der Waals surface area contributed by atoms with Crippen molar-refractivity contribution in [2.24, 2.45) is 0 Å². The molecule has 2 aromatic carbocycles. The molecule has 94 valence electrons. The van der Waals surface area contributed by atoms with Crippen LogP contribution in [0.25, 0.3) is 0 Å². The number of hydrogen-bond acceptors (Lipinski definition) is 3. The molecule has 0 saturated carbocycles. The van der Waals surface area contributed by atoms with Crippen LogP contribution in [-0.4, -0.2) is 13.0 Å². The zero-order chi connectivity index (χ0) is 13.0. The van der Waals surface area contributed by atoms with Crippen LogP contribution in [0, 0.1) is 0 Å². The Morgan fingerprint density at radius 2 is 1.39 bits per heavy atom. The second-order valence-electron chi connectivity index (χ2n) is 3.82. The highest BCUT2D eigenvalue weighted by atomic mass is 32.2. The maximum absolute atomic E-state index is 11.4. The van der Waals surface area contributed by atoms with Gasteiger partial charge in [0.1, 0.15) is 0 Å². The minimum absolute atomic E-state index is 0.490. The summed E-state index contributed by atoms with van der Waals surface area (Å²) in [7, 11) is -4.23. The van der Waals surface area contributed by atoms with Crippen LogP contribution in [0.2, 0.25) is 0 Å². The molecule has 0 aliphatic rings. The van der Waals surface area contributed by atoms with E-state index in [4.69, 9.17) is 0 Å². The van der Waals surface area contributed by atoms with E-state index in [-0.39, 0.29) is 0 Å². The molecule has 0 heterocycles. The SMILES string of the molecule is O=S(=O)(O)[C@@H](Nc1ccccc1)c1ccccc1. The Bertz CT molecular complexity index is 597. The van der Waals surface area contributed by atoms with E-state index in [0.717, 1.165) is 0 Å². The van der Waals surface area contributed by atoms with E-state index in [1.165, 1.54) is 0 Å². The first-order valence-corrected chi connectivity index (χ1v) is 6.90. The highest BCUT2D eigenvalue weighted by Gasteiger charge is 2.24. The topological polar surface area (TPSA) is 66.4 Å². The van der Waals surface area contributed by atoms with Crippen LogP contribution < -0.4 is 5.32 Å². The number of hydrogen-bond donors (Lipinski definition) is 2. The van der Waals surface area contributed by atoms with Gasteiger partial charge in [-0.15, -0.1) is 0 Å². The Balaban J connectivity index is 2.34. The summed E-state index contributed by atoms with van der Waals surface area (Å²) in [5.41, 5.74) is 1.12. The average Bonchev–Trinajstić information content (AvgIpc) is 2.37. The molecule has 2 N–H and O–H groups in total. The fourth-order valence-corrected chi connectivity index (χ4v) is 2.43. The van der Waals surface area contributed by atoms with E-state index < -0.39 is 15.5 Å². The van der Waals surface area contributed by atoms with Crippen LogP contribution in [0.3, 0.4) is 0 Å². The molecule has 0 unspecified atom stereocenters. The summed E-state index contributed by atoms with van der Waals surface area (Å²) < 4.78 is 32.2. The van der Waals surface area contributed by atoms with Gasteiger partial charge in [-0.1, -0.05) is 48.5 Å². The molecule has 18 heavy (non-hydrogen) atoms. The first kappa shape index (κ1) is 12.6. The second-order valence-corrected chi connectivity index (χ2v) is 5.32. The smallest absolute Gasteiger partial charge is 0.290 e. The molecule has 0 fully saturated rings. The van der Waals surface area contributed by atoms with Crippen LogP contribution in [0.4, 0.5) is 5.69 Å². The molecule has 0 spiro atoms. The number of benzene rings is 2. The fraction of sp³-hybridized carbons (Fsp3) is 0.0769. The molecule has 0 saturated heterocycles. The Morgan fingerprint density at radius 3 is 1.89 bits per heavy atom. The largest absolute Gasteiger partial charge is 0.363 e. The van der Waals surface area contributed by atoms with Gasteiger partial charge in [0.05, 0.1) is 0 Å². The van der Waals surface area contributed by atoms with Crippen molar-refractivity contribution in [3.05, 3.63) is 66.2 Å². The maximum Gasteiger partial charge on any atom is 0.290 e. The molecule has 0 aromatic heterocycles. The third-order valence-electron chi connectivity index (χ3n) is 2.47. The molecule has 0 bridgehead atoms. The summed E-state index contributed by atoms with van der Waals surface area (Å²) in [5.74, 6) is 0. The summed E-state index contributed by atoms with van der Waals surface area (Å²) >= 11 is 0. The van der Waals surface area contributed by atoms with Crippen LogP contribution >= 0.6 is 0 Å². The van der Waals surface area contributed by atoms with Crippen molar-refractivity contribution in [3.8, 4) is 0 Å². The van der Waals surface area contributed by atoms with Gasteiger partial charge < -0.3 is 5.32 Å². The van der Waals surface area contributed by atoms with E-state index in [1.54, 1.807) is 54.6 Å². The monoisotopic (exact) mass is 263 g/mol. The quantitative estimate of drug-likeness (QED) is 0.832. The molecule has 1 atom stereocenters. The molecule has 0 amide bonds. The van der Waals surface area contributed by atoms with Crippen molar-refractivity contribution in [2.45, 2.75) is 5.37 Å². The third kappa shape index (κ3) is 3.09. The van der Waals surface area contributed by atoms with Crippen molar-refractivity contribution in [1.29, 1.82) is 0 Å². The summed E-state index contributed by atoms with van der Waals surface area (Å²) in [4.78, 5) is 0. The van der Waals surface area contributed by atoms with E-state index in [9.17, 15) is 13.0 Å². The van der Waals surface area contributed by atoms with Crippen LogP contribution in [0.1, 0.15) is 10.9 Å². The Hall–Kier alpha value is -1.85. The lowest BCUT2D eigenvalue weighted by Gasteiger charge is -2.17. The van der Waals surface area contributed by atoms with E-state index in [1.807, 2.05) is 6.07 Å². The van der Waals surface area contributed by atoms with E-state index in [0.29, 0.717) is 11.3 Å². The van der Waals surface area contributed by atoms with E-state index in [2.05, 4.69) is 5.32 Å². The number of anilines is 1. The third-order valence-corrected chi connectivity index (χ3v) is 3.46. The predicted molar refractivity (Wildman–Crippen MR) is 70.8 cm³/mol. The summed E-state index contributed by atoms with van der Waals surface area (Å²) in [6.45, 7) is 0. The average molecular weight is 263 g/mol. The minimum atomic E-state index is -4.23. The van der Waals surface area contributed by atoms with Gasteiger partial charge in [0.2, 0.25) is 0 Å². The molecule has 2 rings (SSSR count). The maximum atomic E-state index is 11.4. The Kier molecular flexibility index (Phi) is 3.64. The minimum Gasteiger partial charge on any atom is -0.363 e. The van der Waals surface area contributed by atoms with Gasteiger partial charge in [-0.3, -0.25) is 4.55 Å². The predicted octanol–water partition coefficient (Wildman–Crippen LogP) is 2.69. The molecule has 0 aliphatic heterocycles. The lowest BCUT2D eigenvalue weighted by Crippen LogP contribution is -2.20. The molecule has 0 radical (unpaired) electrons. The van der Waals surface area contributed by atoms with Crippen molar-refractivity contribution < 1.29 is 13.0 Å². The van der Waals surface area contributed by atoms with Crippen molar-refractivity contribution in [2.75, 3.05) is 5.32 Å². The zero-order valence-corrected chi connectivity index (χ0v) is 10.3. The van der Waals surface area contributed by atoms with Gasteiger partial charge in [-0.05, 0) is 17.7 Å². The molecule has 5 heteroatoms. The van der Waals surface area contributed by atoms with Crippen molar-refractivity contribution in [3.63, 3.8) is 0 Å². The normalized spacial score (nSPS) is 12.9. The van der Waals surface area contributed by atoms with Crippen LogP contribution in [-0.2, 0) is 10.1 Å². The van der Waals surface area contributed by atoms with Gasteiger partial charge in [-0.2, -0.15) is 8.42 Å². The zero-order valence-electron chi connectivity index (χ0n) is 9.52. The van der Waals surface area contributed by atoms with Gasteiger partial charge >= 0.3 is 0 Å². The van der Waals surface area contributed by atoms with Crippen LogP contribution in [0.5, 0.6) is 0 Å². The summed E-state index contributed by atoms with van der Waals surface area (Å²) in [5, 5.41) is 1.63. The van der Waals surface area contributed by atoms with Gasteiger partial charge in [0.15, 0.2) is 5.37 Å². The Labute approximate surface area is 106 Å². The molecule has 0 aliphatic carbocycles. The van der Waals surface area contributed by atoms with Crippen LogP contribution in [0.15, 0.2) is 60.7 Å². The standard InChI is InChI=1S/C13H13NO3S/c15-18(16,17)13(11-7-3-1-4-8-11)14-12-9-5-2-6-10-12/h1-10,13-14H,(H,15,16,17)/t13-/m1/s1. The first-order valence-electron chi connectivity index (χ1n) is 5.40. The second kappa shape index (κ2) is 5.20. The molecular formula is C13H13NO3S. The summed E-state index contributed by atoms with van der Waals surface area (Å²) in [6, 6.07) is 17.4. The van der Waals surface area contributed by atoms with E-state index >= 15 is 0 Å². The molecular weight excluding hydrogens is 250 g/mol. The molecule has 4 nitrogen and oxygen atoms in total. The number of para-hydroxylation sites is 1. The molecule has 2 aromatic rings. The highest BCUT2D eigenvalue weighted by Crippen LogP contribution is 2.23. The summed E-state index contributed by atoms with van der Waals surface area (Å²) in [6.07, 6.45) is 0.